The molecule has 6 atom stereocenters. The molecule has 0 saturated carbocycles. The zero-order valence-corrected chi connectivity index (χ0v) is 13.0. The van der Waals surface area contributed by atoms with Crippen LogP contribution in [0.3, 0.4) is 0 Å². The van der Waals surface area contributed by atoms with Gasteiger partial charge < -0.3 is 25.8 Å². The molecular weight excluding hydrogens is 310 g/mol. The predicted octanol–water partition coefficient (Wildman–Crippen LogP) is -2.06. The number of aliphatic hydroxyl groups is 3. The van der Waals surface area contributed by atoms with Gasteiger partial charge in [-0.05, 0) is 13.2 Å². The summed E-state index contributed by atoms with van der Waals surface area (Å²) in [5, 5.41) is 29.3. The van der Waals surface area contributed by atoms with Gasteiger partial charge in [0.25, 0.3) is 0 Å². The Morgan fingerprint density at radius 3 is 2.73 bits per heavy atom. The largest absolute Gasteiger partial charge is 0.394 e. The molecule has 122 valence electrons. The highest BCUT2D eigenvalue weighted by Gasteiger charge is 2.59. The summed E-state index contributed by atoms with van der Waals surface area (Å²) in [7, 11) is 0. The molecular formula is C12H19N5O4S. The first kappa shape index (κ1) is 15.8. The van der Waals surface area contributed by atoms with Crippen molar-refractivity contribution >= 4 is 30.3 Å². The Morgan fingerprint density at radius 2 is 2.14 bits per heavy atom. The SMILES string of the molecule is CSC12N=CN([C@@H]3O[C@H](CO)[C@@H](O)[C@H]3O)C1=NC=NC2(C)N. The van der Waals surface area contributed by atoms with E-state index in [-0.39, 0.29) is 0 Å². The van der Waals surface area contributed by atoms with Crippen LogP contribution in [0.4, 0.5) is 0 Å². The lowest BCUT2D eigenvalue weighted by Crippen LogP contribution is -2.62. The highest BCUT2D eigenvalue weighted by Crippen LogP contribution is 2.43. The van der Waals surface area contributed by atoms with E-state index in [4.69, 9.17) is 10.5 Å². The normalized spacial score (nSPS) is 47.0. The molecule has 3 rings (SSSR count). The Labute approximate surface area is 131 Å². The van der Waals surface area contributed by atoms with Crippen LogP contribution in [0.15, 0.2) is 15.0 Å². The summed E-state index contributed by atoms with van der Waals surface area (Å²) < 4.78 is 5.53. The van der Waals surface area contributed by atoms with Gasteiger partial charge in [0.1, 0.15) is 30.3 Å². The molecule has 0 aromatic heterocycles. The highest BCUT2D eigenvalue weighted by atomic mass is 32.2. The zero-order chi connectivity index (χ0) is 16.1. The number of rotatable bonds is 3. The number of hydrogen-bond donors (Lipinski definition) is 4. The first-order chi connectivity index (χ1) is 10.4. The molecule has 0 bridgehead atoms. The van der Waals surface area contributed by atoms with E-state index in [0.717, 1.165) is 0 Å². The number of nitrogens with two attached hydrogens (primary N) is 1. The van der Waals surface area contributed by atoms with Crippen molar-refractivity contribution in [3.05, 3.63) is 0 Å². The number of hydrogen-bond acceptors (Lipinski definition) is 10. The molecule has 0 radical (unpaired) electrons. The monoisotopic (exact) mass is 329 g/mol. The van der Waals surface area contributed by atoms with Gasteiger partial charge in [-0.15, -0.1) is 11.8 Å². The number of ether oxygens (including phenoxy) is 1. The number of amidine groups is 1. The molecule has 5 N–H and O–H groups in total. The molecule has 0 aliphatic carbocycles. The molecule has 9 nitrogen and oxygen atoms in total. The van der Waals surface area contributed by atoms with E-state index in [2.05, 4.69) is 15.0 Å². The molecule has 0 aromatic carbocycles. The van der Waals surface area contributed by atoms with E-state index in [1.165, 1.54) is 29.3 Å². The average molecular weight is 329 g/mol. The van der Waals surface area contributed by atoms with Crippen LogP contribution in [0.2, 0.25) is 0 Å². The third-order valence-corrected chi connectivity index (χ3v) is 5.48. The average Bonchev–Trinajstić information content (AvgIpc) is 3.00. The van der Waals surface area contributed by atoms with Gasteiger partial charge in [0.05, 0.1) is 12.9 Å². The van der Waals surface area contributed by atoms with Crippen LogP contribution in [-0.2, 0) is 4.74 Å². The van der Waals surface area contributed by atoms with Crippen molar-refractivity contribution in [1.82, 2.24) is 4.90 Å². The minimum Gasteiger partial charge on any atom is -0.394 e. The third-order valence-electron chi connectivity index (χ3n) is 4.19. The molecule has 10 heteroatoms. The van der Waals surface area contributed by atoms with E-state index >= 15 is 0 Å². The molecule has 1 fully saturated rings. The fourth-order valence-electron chi connectivity index (χ4n) is 2.88. The Bertz CT molecular complexity index is 554. The first-order valence-electron chi connectivity index (χ1n) is 6.80. The lowest BCUT2D eigenvalue weighted by Gasteiger charge is -2.40. The summed E-state index contributed by atoms with van der Waals surface area (Å²) in [4.78, 5) is 13.5. The summed E-state index contributed by atoms with van der Waals surface area (Å²) in [5.74, 6) is 0.481. The third kappa shape index (κ3) is 1.95. The molecule has 22 heavy (non-hydrogen) atoms. The van der Waals surface area contributed by atoms with Crippen LogP contribution in [0.25, 0.3) is 0 Å². The first-order valence-corrected chi connectivity index (χ1v) is 8.02. The lowest BCUT2D eigenvalue weighted by molar-refractivity contribution is -0.0513. The van der Waals surface area contributed by atoms with E-state index in [1.807, 2.05) is 6.26 Å². The molecule has 0 spiro atoms. The van der Waals surface area contributed by atoms with E-state index in [0.29, 0.717) is 5.84 Å². The van der Waals surface area contributed by atoms with Crippen LogP contribution >= 0.6 is 11.8 Å². The topological polar surface area (TPSA) is 136 Å². The number of aliphatic imine (C=N–C) groups is 3. The maximum atomic E-state index is 10.2. The Balaban J connectivity index is 1.94. The Kier molecular flexibility index (Phi) is 3.78. The second kappa shape index (κ2) is 5.25. The van der Waals surface area contributed by atoms with Crippen molar-refractivity contribution < 1.29 is 20.1 Å². The second-order valence-electron chi connectivity index (χ2n) is 5.57. The van der Waals surface area contributed by atoms with Crippen LogP contribution in [0, 0.1) is 0 Å². The Hall–Kier alpha value is -1.04. The van der Waals surface area contributed by atoms with Crippen LogP contribution in [0.5, 0.6) is 0 Å². The van der Waals surface area contributed by atoms with Gasteiger partial charge in [-0.3, -0.25) is 4.90 Å². The minimum atomic E-state index is -1.20. The second-order valence-corrected chi connectivity index (χ2v) is 6.57. The van der Waals surface area contributed by atoms with E-state index < -0.39 is 41.7 Å². The summed E-state index contributed by atoms with van der Waals surface area (Å²) in [5.41, 5.74) is 5.25. The molecule has 3 heterocycles. The number of nitrogens with zero attached hydrogens (tertiary/aromatic N) is 4. The van der Waals surface area contributed by atoms with E-state index in [9.17, 15) is 15.3 Å². The minimum absolute atomic E-state index is 0.393. The van der Waals surface area contributed by atoms with Crippen molar-refractivity contribution in [3.8, 4) is 0 Å². The maximum absolute atomic E-state index is 10.2. The smallest absolute Gasteiger partial charge is 0.203 e. The lowest BCUT2D eigenvalue weighted by atomic mass is 10.0. The van der Waals surface area contributed by atoms with Crippen LogP contribution in [0.1, 0.15) is 6.92 Å². The fourth-order valence-corrected chi connectivity index (χ4v) is 3.84. The number of fused-ring (bicyclic) bond motifs is 1. The molecule has 2 unspecified atom stereocenters. The highest BCUT2D eigenvalue weighted by molar-refractivity contribution is 8.00. The van der Waals surface area contributed by atoms with Crippen molar-refractivity contribution in [2.45, 2.75) is 42.0 Å². The van der Waals surface area contributed by atoms with Gasteiger partial charge in [-0.25, -0.2) is 15.0 Å². The zero-order valence-electron chi connectivity index (χ0n) is 12.2. The summed E-state index contributed by atoms with van der Waals surface area (Å²) in [6.07, 6.45) is 0.537. The summed E-state index contributed by atoms with van der Waals surface area (Å²) in [6, 6.07) is 0. The van der Waals surface area contributed by atoms with Gasteiger partial charge in [0.15, 0.2) is 12.1 Å². The van der Waals surface area contributed by atoms with Crippen molar-refractivity contribution in [2.24, 2.45) is 20.7 Å². The van der Waals surface area contributed by atoms with Crippen LogP contribution in [-0.4, -0.2) is 86.7 Å². The molecule has 0 aromatic rings. The Morgan fingerprint density at radius 1 is 1.41 bits per heavy atom. The predicted molar refractivity (Wildman–Crippen MR) is 82.9 cm³/mol. The van der Waals surface area contributed by atoms with Gasteiger partial charge in [-0.2, -0.15) is 0 Å². The van der Waals surface area contributed by atoms with Gasteiger partial charge in [0, 0.05) is 0 Å². The van der Waals surface area contributed by atoms with Crippen LogP contribution < -0.4 is 5.73 Å². The molecule has 3 aliphatic heterocycles. The summed E-state index contributed by atoms with van der Waals surface area (Å²) >= 11 is 1.38. The quantitative estimate of drug-likeness (QED) is 0.467. The standard InChI is InChI=1S/C12H19N5O4S/c1-11(13)12(22-2)10(14-4-15-11)17(5-16-12)9-8(20)7(19)6(3-18)21-9/h4-9,18-20H,3,13H2,1-2H3/t6-,7-,8-,9-,11?,12?/m1/s1. The number of thioether (sulfide) groups is 1. The molecule has 1 saturated heterocycles. The van der Waals surface area contributed by atoms with Gasteiger partial charge >= 0.3 is 0 Å². The maximum Gasteiger partial charge on any atom is 0.203 e. The molecule has 3 aliphatic rings. The van der Waals surface area contributed by atoms with Crippen molar-refractivity contribution in [3.63, 3.8) is 0 Å². The summed E-state index contributed by atoms with van der Waals surface area (Å²) in [6.45, 7) is 1.35. The van der Waals surface area contributed by atoms with Crippen molar-refractivity contribution in [2.75, 3.05) is 12.9 Å². The number of aliphatic hydroxyl groups excluding tert-OH is 3. The van der Waals surface area contributed by atoms with Gasteiger partial charge in [-0.1, -0.05) is 0 Å². The van der Waals surface area contributed by atoms with E-state index in [1.54, 1.807) is 6.92 Å². The fraction of sp³-hybridized carbons (Fsp3) is 0.750. The van der Waals surface area contributed by atoms with Crippen molar-refractivity contribution in [1.29, 1.82) is 0 Å². The molecule has 0 amide bonds. The van der Waals surface area contributed by atoms with Gasteiger partial charge in [0.2, 0.25) is 4.87 Å².